The summed E-state index contributed by atoms with van der Waals surface area (Å²) in [6.45, 7) is 7.55. The summed E-state index contributed by atoms with van der Waals surface area (Å²) in [4.78, 5) is 16.2. The van der Waals surface area contributed by atoms with Crippen molar-refractivity contribution in [3.63, 3.8) is 0 Å². The zero-order valence-corrected chi connectivity index (χ0v) is 14.5. The molecule has 0 aromatic heterocycles. The van der Waals surface area contributed by atoms with Gasteiger partial charge in [-0.15, -0.1) is 0 Å². The number of hydrogen-bond acceptors (Lipinski definition) is 6. The molecular formula is C19H21NO5. The zero-order valence-electron chi connectivity index (χ0n) is 14.5. The number of methoxy groups -OCH3 is 1. The molecule has 0 radical (unpaired) electrons. The quantitative estimate of drug-likeness (QED) is 0.606. The van der Waals surface area contributed by atoms with Gasteiger partial charge < -0.3 is 19.3 Å². The van der Waals surface area contributed by atoms with Crippen LogP contribution >= 0.6 is 0 Å². The Morgan fingerprint density at radius 3 is 2.76 bits per heavy atom. The standard InChI is InChI=1S/C19H21NO5/c1-5-9-25-15-8-7-13(11-16(15)23-4)10-14-18(21)17(12(3)20-14)19(22)24-6-2/h5,7-8,10-11,21H,1,6,9H2,2-4H3/b14-10+. The second kappa shape index (κ2) is 8.19. The van der Waals surface area contributed by atoms with Crippen molar-refractivity contribution in [1.29, 1.82) is 0 Å². The van der Waals surface area contributed by atoms with Crippen LogP contribution in [0.25, 0.3) is 6.08 Å². The molecule has 0 fully saturated rings. The van der Waals surface area contributed by atoms with Crippen molar-refractivity contribution in [2.45, 2.75) is 13.8 Å². The van der Waals surface area contributed by atoms with Gasteiger partial charge in [-0.2, -0.15) is 0 Å². The molecule has 0 spiro atoms. The predicted octanol–water partition coefficient (Wildman–Crippen LogP) is 3.45. The number of carbonyl (C=O) groups is 1. The minimum atomic E-state index is -0.588. The van der Waals surface area contributed by atoms with E-state index in [4.69, 9.17) is 14.2 Å². The van der Waals surface area contributed by atoms with Crippen LogP contribution in [0.1, 0.15) is 19.4 Å². The monoisotopic (exact) mass is 343 g/mol. The summed E-state index contributed by atoms with van der Waals surface area (Å²) in [6, 6.07) is 5.31. The summed E-state index contributed by atoms with van der Waals surface area (Å²) in [7, 11) is 1.54. The third-order valence-corrected chi connectivity index (χ3v) is 3.46. The average molecular weight is 343 g/mol. The maximum Gasteiger partial charge on any atom is 0.343 e. The van der Waals surface area contributed by atoms with Gasteiger partial charge in [0.05, 0.1) is 19.4 Å². The van der Waals surface area contributed by atoms with Gasteiger partial charge in [0.15, 0.2) is 17.3 Å². The molecule has 1 aliphatic heterocycles. The van der Waals surface area contributed by atoms with Crippen molar-refractivity contribution >= 4 is 17.8 Å². The Morgan fingerprint density at radius 2 is 2.12 bits per heavy atom. The first-order chi connectivity index (χ1) is 12.0. The van der Waals surface area contributed by atoms with Gasteiger partial charge in [0, 0.05) is 0 Å². The van der Waals surface area contributed by atoms with E-state index in [9.17, 15) is 9.90 Å². The normalized spacial score (nSPS) is 15.2. The highest BCUT2D eigenvalue weighted by Gasteiger charge is 2.27. The highest BCUT2D eigenvalue weighted by molar-refractivity contribution is 6.22. The third-order valence-electron chi connectivity index (χ3n) is 3.46. The zero-order chi connectivity index (χ0) is 18.4. The molecule has 0 amide bonds. The molecule has 0 saturated heterocycles. The largest absolute Gasteiger partial charge is 0.505 e. The minimum Gasteiger partial charge on any atom is -0.505 e. The number of benzene rings is 1. The molecule has 2 rings (SSSR count). The van der Waals surface area contributed by atoms with Crippen LogP contribution in [0.5, 0.6) is 11.5 Å². The second-order valence-corrected chi connectivity index (χ2v) is 5.18. The van der Waals surface area contributed by atoms with Gasteiger partial charge in [0.1, 0.15) is 17.9 Å². The van der Waals surface area contributed by atoms with Gasteiger partial charge >= 0.3 is 5.97 Å². The van der Waals surface area contributed by atoms with Crippen LogP contribution in [-0.4, -0.2) is 37.1 Å². The Morgan fingerprint density at radius 1 is 1.36 bits per heavy atom. The van der Waals surface area contributed by atoms with Gasteiger partial charge in [-0.05, 0) is 37.6 Å². The van der Waals surface area contributed by atoms with Crippen LogP contribution in [0.15, 0.2) is 52.9 Å². The molecule has 1 aromatic rings. The maximum absolute atomic E-state index is 11.9. The number of aliphatic imine (C=N–C) groups is 1. The van der Waals surface area contributed by atoms with E-state index in [1.807, 2.05) is 0 Å². The smallest absolute Gasteiger partial charge is 0.343 e. The van der Waals surface area contributed by atoms with E-state index in [-0.39, 0.29) is 17.9 Å². The van der Waals surface area contributed by atoms with Crippen LogP contribution in [0, 0.1) is 0 Å². The van der Waals surface area contributed by atoms with Crippen LogP contribution in [-0.2, 0) is 9.53 Å². The molecule has 132 valence electrons. The molecule has 1 N–H and O–H groups in total. The highest BCUT2D eigenvalue weighted by Crippen LogP contribution is 2.31. The molecule has 0 unspecified atom stereocenters. The van der Waals surface area contributed by atoms with E-state index < -0.39 is 5.97 Å². The topological polar surface area (TPSA) is 77.4 Å². The summed E-state index contributed by atoms with van der Waals surface area (Å²) in [6.07, 6.45) is 3.30. The lowest BCUT2D eigenvalue weighted by Crippen LogP contribution is -2.13. The SMILES string of the molecule is C=CCOc1ccc(/C=C2/N=C(C)C(C(=O)OCC)=C2O)cc1OC. The van der Waals surface area contributed by atoms with E-state index in [1.54, 1.807) is 51.3 Å². The number of rotatable bonds is 7. The number of hydrogen-bond donors (Lipinski definition) is 1. The number of esters is 1. The lowest BCUT2D eigenvalue weighted by Gasteiger charge is -2.10. The minimum absolute atomic E-state index is 0.0889. The fourth-order valence-electron chi connectivity index (χ4n) is 2.34. The van der Waals surface area contributed by atoms with Gasteiger partial charge in [-0.25, -0.2) is 9.79 Å². The lowest BCUT2D eigenvalue weighted by atomic mass is 10.1. The molecule has 0 atom stereocenters. The molecular weight excluding hydrogens is 322 g/mol. The number of ether oxygens (including phenoxy) is 3. The number of nitrogens with zero attached hydrogens (tertiary/aromatic N) is 1. The van der Waals surface area contributed by atoms with E-state index in [0.29, 0.717) is 29.5 Å². The van der Waals surface area contributed by atoms with Gasteiger partial charge in [0.2, 0.25) is 0 Å². The highest BCUT2D eigenvalue weighted by atomic mass is 16.5. The van der Waals surface area contributed by atoms with Gasteiger partial charge in [-0.3, -0.25) is 0 Å². The van der Waals surface area contributed by atoms with E-state index >= 15 is 0 Å². The Hall–Kier alpha value is -3.02. The number of carbonyl (C=O) groups excluding carboxylic acids is 1. The third kappa shape index (κ3) is 4.09. The molecule has 1 heterocycles. The molecule has 25 heavy (non-hydrogen) atoms. The molecule has 6 nitrogen and oxygen atoms in total. The van der Waals surface area contributed by atoms with Crippen molar-refractivity contribution < 1.29 is 24.1 Å². The molecule has 0 bridgehead atoms. The first-order valence-electron chi connectivity index (χ1n) is 7.81. The number of aliphatic hydroxyl groups excluding tert-OH is 1. The number of aliphatic hydroxyl groups is 1. The van der Waals surface area contributed by atoms with Gasteiger partial charge in [0.25, 0.3) is 0 Å². The summed E-state index contributed by atoms with van der Waals surface area (Å²) in [5.74, 6) is 0.351. The molecule has 1 aliphatic rings. The average Bonchev–Trinajstić information content (AvgIpc) is 2.87. The Bertz CT molecular complexity index is 774. The Balaban J connectivity index is 2.34. The predicted molar refractivity (Wildman–Crippen MR) is 96.1 cm³/mol. The van der Waals surface area contributed by atoms with Crippen molar-refractivity contribution in [3.8, 4) is 11.5 Å². The molecule has 6 heteroatoms. The van der Waals surface area contributed by atoms with E-state index in [2.05, 4.69) is 11.6 Å². The lowest BCUT2D eigenvalue weighted by molar-refractivity contribution is -0.138. The fourth-order valence-corrected chi connectivity index (χ4v) is 2.34. The molecule has 0 saturated carbocycles. The van der Waals surface area contributed by atoms with Crippen molar-refractivity contribution in [2.75, 3.05) is 20.3 Å². The summed E-state index contributed by atoms with van der Waals surface area (Å²) < 4.78 is 15.8. The van der Waals surface area contributed by atoms with Crippen LogP contribution < -0.4 is 9.47 Å². The first-order valence-corrected chi connectivity index (χ1v) is 7.81. The Kier molecular flexibility index (Phi) is 6.00. The maximum atomic E-state index is 11.9. The van der Waals surface area contributed by atoms with Crippen molar-refractivity contribution in [3.05, 3.63) is 53.4 Å². The molecule has 1 aromatic carbocycles. The van der Waals surface area contributed by atoms with E-state index in [0.717, 1.165) is 5.56 Å². The second-order valence-electron chi connectivity index (χ2n) is 5.18. The van der Waals surface area contributed by atoms with Gasteiger partial charge in [-0.1, -0.05) is 18.7 Å². The summed E-state index contributed by atoms with van der Waals surface area (Å²) in [5.41, 5.74) is 1.54. The van der Waals surface area contributed by atoms with Crippen molar-refractivity contribution in [1.82, 2.24) is 0 Å². The first kappa shape index (κ1) is 18.3. The van der Waals surface area contributed by atoms with Crippen molar-refractivity contribution in [2.24, 2.45) is 4.99 Å². The van der Waals surface area contributed by atoms with E-state index in [1.165, 1.54) is 0 Å². The summed E-state index contributed by atoms with van der Waals surface area (Å²) >= 11 is 0. The Labute approximate surface area is 146 Å². The van der Waals surface area contributed by atoms with Crippen LogP contribution in [0.4, 0.5) is 0 Å². The molecule has 0 aliphatic carbocycles. The van der Waals surface area contributed by atoms with Crippen LogP contribution in [0.3, 0.4) is 0 Å². The van der Waals surface area contributed by atoms with Crippen LogP contribution in [0.2, 0.25) is 0 Å². The fraction of sp³-hybridized carbons (Fsp3) is 0.263. The summed E-state index contributed by atoms with van der Waals surface area (Å²) in [5, 5.41) is 10.3.